The van der Waals surface area contributed by atoms with Gasteiger partial charge in [-0.1, -0.05) is 5.16 Å². The van der Waals surface area contributed by atoms with E-state index < -0.39 is 0 Å². The fourth-order valence-electron chi connectivity index (χ4n) is 3.01. The van der Waals surface area contributed by atoms with Crippen molar-refractivity contribution in [2.24, 2.45) is 0 Å². The summed E-state index contributed by atoms with van der Waals surface area (Å²) in [7, 11) is 1.63. The maximum Gasteiger partial charge on any atom is 0.257 e. The second-order valence-corrected chi connectivity index (χ2v) is 5.73. The Morgan fingerprint density at radius 3 is 3.08 bits per heavy atom. The fourth-order valence-corrected chi connectivity index (χ4v) is 3.01. The smallest absolute Gasteiger partial charge is 0.257 e. The standard InChI is InChI=1S/C17H15N5O2/c1-23-15-4-6-19-14-3-2-11(8-13(14)15)17-20-16(21-24-17)12-5-7-22(9-12)10-18/h2-4,6,8,12H,5,7,9H2,1H3. The normalized spacial score (nSPS) is 17.2. The number of benzene rings is 1. The molecule has 24 heavy (non-hydrogen) atoms. The van der Waals surface area contributed by atoms with Gasteiger partial charge < -0.3 is 14.2 Å². The van der Waals surface area contributed by atoms with Crippen molar-refractivity contribution in [2.45, 2.75) is 12.3 Å². The van der Waals surface area contributed by atoms with E-state index in [4.69, 9.17) is 14.5 Å². The summed E-state index contributed by atoms with van der Waals surface area (Å²) in [5, 5.41) is 14.0. The number of hydrogen-bond acceptors (Lipinski definition) is 7. The Hall–Kier alpha value is -3.14. The minimum Gasteiger partial charge on any atom is -0.496 e. The van der Waals surface area contributed by atoms with E-state index in [0.717, 1.165) is 35.2 Å². The minimum absolute atomic E-state index is 0.138. The molecule has 0 spiro atoms. The Bertz CT molecular complexity index is 930. The summed E-state index contributed by atoms with van der Waals surface area (Å²) in [5.41, 5.74) is 1.67. The molecule has 1 unspecified atom stereocenters. The summed E-state index contributed by atoms with van der Waals surface area (Å²) in [5.74, 6) is 2.01. The van der Waals surface area contributed by atoms with E-state index in [9.17, 15) is 0 Å². The molecule has 7 heteroatoms. The van der Waals surface area contributed by atoms with Gasteiger partial charge in [-0.3, -0.25) is 4.98 Å². The van der Waals surface area contributed by atoms with Crippen molar-refractivity contribution in [1.29, 1.82) is 5.26 Å². The number of likely N-dealkylation sites (tertiary alicyclic amines) is 1. The van der Waals surface area contributed by atoms with Crippen LogP contribution < -0.4 is 4.74 Å². The second-order valence-electron chi connectivity index (χ2n) is 5.73. The van der Waals surface area contributed by atoms with Crippen molar-refractivity contribution in [3.8, 4) is 23.4 Å². The van der Waals surface area contributed by atoms with Gasteiger partial charge in [-0.25, -0.2) is 0 Å². The molecule has 3 aromatic rings. The molecule has 2 aromatic heterocycles. The lowest BCUT2D eigenvalue weighted by atomic mass is 10.1. The van der Waals surface area contributed by atoms with Crippen LogP contribution in [0.4, 0.5) is 0 Å². The average Bonchev–Trinajstić information content (AvgIpc) is 3.29. The maximum atomic E-state index is 8.96. The molecule has 1 fully saturated rings. The van der Waals surface area contributed by atoms with E-state index in [2.05, 4.69) is 21.3 Å². The van der Waals surface area contributed by atoms with Gasteiger partial charge in [0.05, 0.1) is 12.6 Å². The lowest BCUT2D eigenvalue weighted by Gasteiger charge is -2.05. The molecule has 1 aliphatic heterocycles. The van der Waals surface area contributed by atoms with Gasteiger partial charge in [0.15, 0.2) is 12.0 Å². The first-order chi connectivity index (χ1) is 11.8. The highest BCUT2D eigenvalue weighted by molar-refractivity contribution is 5.88. The van der Waals surface area contributed by atoms with Crippen molar-refractivity contribution in [3.63, 3.8) is 0 Å². The summed E-state index contributed by atoms with van der Waals surface area (Å²) >= 11 is 0. The summed E-state index contributed by atoms with van der Waals surface area (Å²) in [4.78, 5) is 10.6. The third-order valence-electron chi connectivity index (χ3n) is 4.30. The molecular weight excluding hydrogens is 306 g/mol. The van der Waals surface area contributed by atoms with E-state index >= 15 is 0 Å². The molecule has 1 aliphatic rings. The molecule has 0 N–H and O–H groups in total. The number of nitrogens with zero attached hydrogens (tertiary/aromatic N) is 5. The molecule has 7 nitrogen and oxygen atoms in total. The molecule has 3 heterocycles. The van der Waals surface area contributed by atoms with Crippen molar-refractivity contribution in [1.82, 2.24) is 20.0 Å². The molecule has 1 saturated heterocycles. The predicted molar refractivity (Wildman–Crippen MR) is 86.1 cm³/mol. The number of nitriles is 1. The molecular formula is C17H15N5O2. The zero-order valence-electron chi connectivity index (χ0n) is 13.1. The molecule has 0 amide bonds. The van der Waals surface area contributed by atoms with E-state index in [1.807, 2.05) is 24.3 Å². The Morgan fingerprint density at radius 2 is 2.29 bits per heavy atom. The maximum absolute atomic E-state index is 8.96. The number of rotatable bonds is 3. The zero-order chi connectivity index (χ0) is 16.5. The Balaban J connectivity index is 1.67. The van der Waals surface area contributed by atoms with Gasteiger partial charge in [-0.05, 0) is 30.7 Å². The van der Waals surface area contributed by atoms with Crippen LogP contribution in [0.3, 0.4) is 0 Å². The first-order valence-electron chi connectivity index (χ1n) is 7.70. The Labute approximate surface area is 138 Å². The summed E-state index contributed by atoms with van der Waals surface area (Å²) in [6, 6.07) is 7.57. The lowest BCUT2D eigenvalue weighted by molar-refractivity contribution is 0.413. The summed E-state index contributed by atoms with van der Waals surface area (Å²) in [6.07, 6.45) is 4.74. The van der Waals surface area contributed by atoms with Gasteiger partial charge in [0.2, 0.25) is 0 Å². The monoisotopic (exact) mass is 321 g/mol. The van der Waals surface area contributed by atoms with Crippen molar-refractivity contribution in [2.75, 3.05) is 20.2 Å². The fraction of sp³-hybridized carbons (Fsp3) is 0.294. The number of pyridine rings is 1. The van der Waals surface area contributed by atoms with Crippen molar-refractivity contribution < 1.29 is 9.26 Å². The van der Waals surface area contributed by atoms with Gasteiger partial charge >= 0.3 is 0 Å². The Kier molecular flexibility index (Phi) is 3.50. The van der Waals surface area contributed by atoms with Gasteiger partial charge in [-0.15, -0.1) is 0 Å². The average molecular weight is 321 g/mol. The third-order valence-corrected chi connectivity index (χ3v) is 4.30. The highest BCUT2D eigenvalue weighted by Crippen LogP contribution is 2.30. The number of aromatic nitrogens is 3. The minimum atomic E-state index is 0.138. The third kappa shape index (κ3) is 2.42. The van der Waals surface area contributed by atoms with Crippen LogP contribution >= 0.6 is 0 Å². The van der Waals surface area contributed by atoms with Crippen LogP contribution in [0.25, 0.3) is 22.4 Å². The number of fused-ring (bicyclic) bond motifs is 1. The number of ether oxygens (including phenoxy) is 1. The molecule has 0 radical (unpaired) electrons. The SMILES string of the molecule is COc1ccnc2ccc(-c3nc(C4CCN(C#N)C4)no3)cc12. The predicted octanol–water partition coefficient (Wildman–Crippen LogP) is 2.56. The zero-order valence-corrected chi connectivity index (χ0v) is 13.1. The van der Waals surface area contributed by atoms with Crippen LogP contribution in [0.5, 0.6) is 5.75 Å². The molecule has 1 atom stereocenters. The van der Waals surface area contributed by atoms with Gasteiger partial charge in [0.1, 0.15) is 5.75 Å². The lowest BCUT2D eigenvalue weighted by Crippen LogP contribution is -2.13. The van der Waals surface area contributed by atoms with Crippen LogP contribution in [0.2, 0.25) is 0 Å². The van der Waals surface area contributed by atoms with Crippen LogP contribution in [-0.2, 0) is 0 Å². The van der Waals surface area contributed by atoms with E-state index in [0.29, 0.717) is 18.3 Å². The number of hydrogen-bond donors (Lipinski definition) is 0. The number of methoxy groups -OCH3 is 1. The van der Waals surface area contributed by atoms with Crippen LogP contribution in [0.1, 0.15) is 18.2 Å². The highest BCUT2D eigenvalue weighted by Gasteiger charge is 2.27. The Morgan fingerprint density at radius 1 is 1.38 bits per heavy atom. The van der Waals surface area contributed by atoms with Gasteiger partial charge in [-0.2, -0.15) is 10.2 Å². The second kappa shape index (κ2) is 5.81. The molecule has 1 aromatic carbocycles. The molecule has 4 rings (SSSR count). The van der Waals surface area contributed by atoms with Crippen LogP contribution in [0.15, 0.2) is 35.0 Å². The van der Waals surface area contributed by atoms with Crippen LogP contribution in [-0.4, -0.2) is 40.2 Å². The van der Waals surface area contributed by atoms with Crippen molar-refractivity contribution in [3.05, 3.63) is 36.3 Å². The summed E-state index contributed by atoms with van der Waals surface area (Å²) < 4.78 is 10.8. The van der Waals surface area contributed by atoms with E-state index in [1.165, 1.54) is 0 Å². The largest absolute Gasteiger partial charge is 0.496 e. The topological polar surface area (TPSA) is 88.1 Å². The first-order valence-corrected chi connectivity index (χ1v) is 7.70. The van der Waals surface area contributed by atoms with E-state index in [1.54, 1.807) is 18.2 Å². The molecule has 0 aliphatic carbocycles. The first kappa shape index (κ1) is 14.5. The van der Waals surface area contributed by atoms with Crippen LogP contribution in [0, 0.1) is 11.5 Å². The van der Waals surface area contributed by atoms with Gasteiger partial charge in [0, 0.05) is 36.2 Å². The van der Waals surface area contributed by atoms with Crippen molar-refractivity contribution >= 4 is 10.9 Å². The quantitative estimate of drug-likeness (QED) is 0.685. The molecule has 0 bridgehead atoms. The molecule has 120 valence electrons. The highest BCUT2D eigenvalue weighted by atomic mass is 16.5. The molecule has 0 saturated carbocycles. The van der Waals surface area contributed by atoms with Gasteiger partial charge in [0.25, 0.3) is 5.89 Å². The van der Waals surface area contributed by atoms with E-state index in [-0.39, 0.29) is 5.92 Å². The summed E-state index contributed by atoms with van der Waals surface area (Å²) in [6.45, 7) is 1.38.